The van der Waals surface area contributed by atoms with Crippen LogP contribution in [0.25, 0.3) is 0 Å². The van der Waals surface area contributed by atoms with Crippen LogP contribution in [0.5, 0.6) is 0 Å². The number of amides is 1. The van der Waals surface area contributed by atoms with E-state index in [4.69, 9.17) is 5.73 Å². The quantitative estimate of drug-likeness (QED) is 0.889. The number of hydrogen-bond donors (Lipinski definition) is 2. The van der Waals surface area contributed by atoms with E-state index in [0.717, 1.165) is 11.1 Å². The van der Waals surface area contributed by atoms with Crippen LogP contribution in [-0.4, -0.2) is 5.91 Å². The van der Waals surface area contributed by atoms with Crippen LogP contribution < -0.4 is 11.1 Å². The summed E-state index contributed by atoms with van der Waals surface area (Å²) in [5.41, 5.74) is 8.17. The van der Waals surface area contributed by atoms with Crippen LogP contribution in [0.4, 0.5) is 10.1 Å². The molecule has 0 aromatic heterocycles. The first kappa shape index (κ1) is 13.2. The molecule has 0 fully saturated rings. The molecule has 19 heavy (non-hydrogen) atoms. The Morgan fingerprint density at radius 3 is 2.47 bits per heavy atom. The Hall–Kier alpha value is -2.20. The number of rotatable bonds is 3. The van der Waals surface area contributed by atoms with Crippen molar-refractivity contribution in [3.8, 4) is 0 Å². The van der Waals surface area contributed by atoms with Crippen LogP contribution >= 0.6 is 0 Å². The number of carbonyl (C=O) groups is 1. The second-order valence-corrected chi connectivity index (χ2v) is 4.37. The molecule has 4 heteroatoms. The molecule has 0 heterocycles. The predicted molar refractivity (Wildman–Crippen MR) is 73.4 cm³/mol. The molecule has 0 bridgehead atoms. The molecule has 2 rings (SSSR count). The van der Waals surface area contributed by atoms with Crippen LogP contribution in [-0.2, 0) is 6.54 Å². The molecule has 2 aromatic carbocycles. The number of anilines is 1. The predicted octanol–water partition coefficient (Wildman–Crippen LogP) is 2.85. The summed E-state index contributed by atoms with van der Waals surface area (Å²) in [4.78, 5) is 12.0. The van der Waals surface area contributed by atoms with Gasteiger partial charge in [-0.2, -0.15) is 0 Å². The van der Waals surface area contributed by atoms with E-state index in [9.17, 15) is 9.18 Å². The summed E-state index contributed by atoms with van der Waals surface area (Å²) < 4.78 is 13.2. The lowest BCUT2D eigenvalue weighted by molar-refractivity contribution is 0.102. The van der Waals surface area contributed by atoms with E-state index in [2.05, 4.69) is 5.32 Å². The maximum atomic E-state index is 13.2. The maximum absolute atomic E-state index is 13.2. The Balaban J connectivity index is 2.15. The summed E-state index contributed by atoms with van der Waals surface area (Å²) in [6, 6.07) is 11.4. The third-order valence-corrected chi connectivity index (χ3v) is 2.75. The molecule has 0 unspecified atom stereocenters. The van der Waals surface area contributed by atoms with Gasteiger partial charge in [0.1, 0.15) is 5.82 Å². The van der Waals surface area contributed by atoms with Gasteiger partial charge in [0.25, 0.3) is 5.91 Å². The van der Waals surface area contributed by atoms with E-state index in [1.54, 1.807) is 37.3 Å². The van der Waals surface area contributed by atoms with Gasteiger partial charge in [-0.15, -0.1) is 0 Å². The number of carbonyl (C=O) groups excluding carboxylic acids is 1. The SMILES string of the molecule is Cc1cc(F)cc(NC(=O)c2ccc(CN)cc2)c1. The standard InChI is InChI=1S/C15H15FN2O/c1-10-6-13(16)8-14(7-10)18-15(19)12-4-2-11(9-17)3-5-12/h2-8H,9,17H2,1H3,(H,18,19). The molecular formula is C15H15FN2O. The highest BCUT2D eigenvalue weighted by Crippen LogP contribution is 2.14. The Kier molecular flexibility index (Phi) is 3.92. The van der Waals surface area contributed by atoms with Gasteiger partial charge in [0.15, 0.2) is 0 Å². The molecular weight excluding hydrogens is 243 g/mol. The van der Waals surface area contributed by atoms with Gasteiger partial charge in [-0.05, 0) is 48.4 Å². The van der Waals surface area contributed by atoms with Gasteiger partial charge in [0.2, 0.25) is 0 Å². The molecule has 0 aliphatic heterocycles. The first-order chi connectivity index (χ1) is 9.08. The molecule has 3 N–H and O–H groups in total. The lowest BCUT2D eigenvalue weighted by Gasteiger charge is -2.07. The van der Waals surface area contributed by atoms with Crippen LogP contribution in [0.1, 0.15) is 21.5 Å². The third-order valence-electron chi connectivity index (χ3n) is 2.75. The number of nitrogens with one attached hydrogen (secondary N) is 1. The van der Waals surface area contributed by atoms with Gasteiger partial charge in [-0.25, -0.2) is 4.39 Å². The summed E-state index contributed by atoms with van der Waals surface area (Å²) in [5.74, 6) is -0.637. The smallest absolute Gasteiger partial charge is 0.255 e. The molecule has 2 aromatic rings. The lowest BCUT2D eigenvalue weighted by Crippen LogP contribution is -2.12. The van der Waals surface area contributed by atoms with Gasteiger partial charge < -0.3 is 11.1 Å². The average Bonchev–Trinajstić information content (AvgIpc) is 2.37. The van der Waals surface area contributed by atoms with E-state index in [1.165, 1.54) is 12.1 Å². The number of aryl methyl sites for hydroxylation is 1. The highest BCUT2D eigenvalue weighted by molar-refractivity contribution is 6.04. The average molecular weight is 258 g/mol. The van der Waals surface area contributed by atoms with Crippen molar-refractivity contribution in [2.75, 3.05) is 5.32 Å². The van der Waals surface area contributed by atoms with Crippen LogP contribution in [0.3, 0.4) is 0 Å². The zero-order valence-electron chi connectivity index (χ0n) is 10.6. The topological polar surface area (TPSA) is 55.1 Å². The van der Waals surface area contributed by atoms with E-state index in [0.29, 0.717) is 17.8 Å². The zero-order valence-corrected chi connectivity index (χ0v) is 10.6. The molecule has 98 valence electrons. The Bertz CT molecular complexity index is 573. The number of nitrogens with two attached hydrogens (primary N) is 1. The molecule has 0 aliphatic rings. The minimum atomic E-state index is -0.367. The number of benzene rings is 2. The monoisotopic (exact) mass is 258 g/mol. The van der Waals surface area contributed by atoms with Crippen molar-refractivity contribution < 1.29 is 9.18 Å². The Morgan fingerprint density at radius 1 is 1.21 bits per heavy atom. The van der Waals surface area contributed by atoms with Crippen LogP contribution in [0.2, 0.25) is 0 Å². The number of hydrogen-bond acceptors (Lipinski definition) is 2. The fourth-order valence-corrected chi connectivity index (χ4v) is 1.80. The van der Waals surface area contributed by atoms with E-state index in [1.807, 2.05) is 0 Å². The largest absolute Gasteiger partial charge is 0.326 e. The summed E-state index contributed by atoms with van der Waals surface area (Å²) in [5, 5.41) is 2.67. The fraction of sp³-hybridized carbons (Fsp3) is 0.133. The summed E-state index contributed by atoms with van der Waals surface area (Å²) in [6.07, 6.45) is 0. The molecule has 0 saturated heterocycles. The van der Waals surface area contributed by atoms with Crippen molar-refractivity contribution in [1.82, 2.24) is 0 Å². The molecule has 1 amide bonds. The van der Waals surface area contributed by atoms with Crippen LogP contribution in [0.15, 0.2) is 42.5 Å². The van der Waals surface area contributed by atoms with Crippen molar-refractivity contribution in [3.05, 3.63) is 65.0 Å². The third kappa shape index (κ3) is 3.39. The second-order valence-electron chi connectivity index (χ2n) is 4.37. The lowest BCUT2D eigenvalue weighted by atomic mass is 10.1. The van der Waals surface area contributed by atoms with Gasteiger partial charge >= 0.3 is 0 Å². The molecule has 0 radical (unpaired) electrons. The first-order valence-corrected chi connectivity index (χ1v) is 5.96. The van der Waals surface area contributed by atoms with E-state index >= 15 is 0 Å². The van der Waals surface area contributed by atoms with Crippen molar-refractivity contribution in [1.29, 1.82) is 0 Å². The van der Waals surface area contributed by atoms with Gasteiger partial charge in [0, 0.05) is 17.8 Å². The minimum absolute atomic E-state index is 0.270. The molecule has 0 aliphatic carbocycles. The van der Waals surface area contributed by atoms with Crippen molar-refractivity contribution in [2.24, 2.45) is 5.73 Å². The normalized spacial score (nSPS) is 10.3. The number of halogens is 1. The molecule has 0 saturated carbocycles. The van der Waals surface area contributed by atoms with Crippen molar-refractivity contribution in [2.45, 2.75) is 13.5 Å². The highest BCUT2D eigenvalue weighted by Gasteiger charge is 2.07. The maximum Gasteiger partial charge on any atom is 0.255 e. The Labute approximate surface area is 111 Å². The highest BCUT2D eigenvalue weighted by atomic mass is 19.1. The Morgan fingerprint density at radius 2 is 1.89 bits per heavy atom. The summed E-state index contributed by atoms with van der Waals surface area (Å²) in [7, 11) is 0. The summed E-state index contributed by atoms with van der Waals surface area (Å²) >= 11 is 0. The van der Waals surface area contributed by atoms with E-state index in [-0.39, 0.29) is 11.7 Å². The second kappa shape index (κ2) is 5.63. The summed E-state index contributed by atoms with van der Waals surface area (Å²) in [6.45, 7) is 2.21. The fourth-order valence-electron chi connectivity index (χ4n) is 1.80. The van der Waals surface area contributed by atoms with Crippen molar-refractivity contribution >= 4 is 11.6 Å². The first-order valence-electron chi connectivity index (χ1n) is 5.96. The van der Waals surface area contributed by atoms with Gasteiger partial charge in [-0.1, -0.05) is 12.1 Å². The van der Waals surface area contributed by atoms with Gasteiger partial charge in [0.05, 0.1) is 0 Å². The van der Waals surface area contributed by atoms with E-state index < -0.39 is 0 Å². The molecule has 0 atom stereocenters. The minimum Gasteiger partial charge on any atom is -0.326 e. The molecule has 0 spiro atoms. The van der Waals surface area contributed by atoms with Crippen molar-refractivity contribution in [3.63, 3.8) is 0 Å². The zero-order chi connectivity index (χ0) is 13.8. The molecule has 3 nitrogen and oxygen atoms in total. The van der Waals surface area contributed by atoms with Gasteiger partial charge in [-0.3, -0.25) is 4.79 Å². The van der Waals surface area contributed by atoms with Crippen LogP contribution in [0, 0.1) is 12.7 Å².